The van der Waals surface area contributed by atoms with Crippen LogP contribution in [-0.2, 0) is 0 Å². The van der Waals surface area contributed by atoms with Gasteiger partial charge in [0.1, 0.15) is 5.56 Å². The summed E-state index contributed by atoms with van der Waals surface area (Å²) >= 11 is 5.32. The van der Waals surface area contributed by atoms with Crippen molar-refractivity contribution < 1.29 is 5.11 Å². The highest BCUT2D eigenvalue weighted by atomic mass is 32.1. The molecule has 1 aromatic heterocycles. The van der Waals surface area contributed by atoms with Crippen molar-refractivity contribution in [3.05, 3.63) is 117 Å². The van der Waals surface area contributed by atoms with Crippen LogP contribution in [0, 0.1) is 4.77 Å². The van der Waals surface area contributed by atoms with Crippen molar-refractivity contribution in [3.63, 3.8) is 0 Å². The topological polar surface area (TPSA) is 70.4 Å². The summed E-state index contributed by atoms with van der Waals surface area (Å²) in [5.74, 6) is -0.218. The van der Waals surface area contributed by atoms with E-state index in [1.165, 1.54) is 4.57 Å². The number of aromatic nitrogens is 2. The maximum absolute atomic E-state index is 12.8. The minimum atomic E-state index is -0.459. The van der Waals surface area contributed by atoms with Crippen LogP contribution in [0.2, 0.25) is 0 Å². The van der Waals surface area contributed by atoms with Crippen molar-refractivity contribution in [3.8, 4) is 11.6 Å². The molecule has 31 heavy (non-hydrogen) atoms. The summed E-state index contributed by atoms with van der Waals surface area (Å²) in [6.07, 6.45) is 1.68. The number of allylic oxidation sites excluding steroid dienone is 1. The molecule has 0 atom stereocenters. The maximum Gasteiger partial charge on any atom is 0.262 e. The molecule has 6 heteroatoms. The number of rotatable bonds is 3. The highest BCUT2D eigenvalue weighted by Gasteiger charge is 2.23. The number of aromatic amines is 1. The van der Waals surface area contributed by atoms with Crippen LogP contribution in [0.5, 0.6) is 5.88 Å². The van der Waals surface area contributed by atoms with Crippen LogP contribution in [0.3, 0.4) is 0 Å². The smallest absolute Gasteiger partial charge is 0.262 e. The number of benzene rings is 3. The Hall–Kier alpha value is -4.03. The number of hydrogen-bond acceptors (Lipinski definition) is 4. The fourth-order valence-corrected chi connectivity index (χ4v) is 3.98. The summed E-state index contributed by atoms with van der Waals surface area (Å²) in [5.41, 5.74) is 4.47. The lowest BCUT2D eigenvalue weighted by molar-refractivity contribution is 0.432. The number of fused-ring (bicyclic) bond motifs is 1. The molecular formula is C25H17N3O2S. The Bertz CT molecular complexity index is 1470. The predicted molar refractivity (Wildman–Crippen MR) is 126 cm³/mol. The second kappa shape index (κ2) is 7.66. The van der Waals surface area contributed by atoms with Crippen LogP contribution in [0.25, 0.3) is 17.3 Å². The molecule has 1 aliphatic rings. The summed E-state index contributed by atoms with van der Waals surface area (Å²) in [4.78, 5) is 20.3. The number of hydrogen-bond donors (Lipinski definition) is 2. The second-order valence-corrected chi connectivity index (χ2v) is 7.46. The van der Waals surface area contributed by atoms with Crippen LogP contribution in [0.4, 0.5) is 5.69 Å². The molecule has 1 aliphatic heterocycles. The van der Waals surface area contributed by atoms with E-state index < -0.39 is 5.56 Å². The number of nitrogens with zero attached hydrogens (tertiary/aromatic N) is 2. The SMILES string of the molecule is O=c1[nH]c(=S)n(-c2ccccc2)c(O)c1/C=C1/C(c2ccccc2)=Nc2ccccc21. The molecule has 2 heterocycles. The molecule has 5 nitrogen and oxygen atoms in total. The zero-order valence-corrected chi connectivity index (χ0v) is 17.1. The van der Waals surface area contributed by atoms with Crippen LogP contribution in [-0.4, -0.2) is 20.4 Å². The van der Waals surface area contributed by atoms with E-state index in [9.17, 15) is 9.90 Å². The van der Waals surface area contributed by atoms with Gasteiger partial charge in [0.15, 0.2) is 4.77 Å². The number of H-pyrrole nitrogens is 1. The van der Waals surface area contributed by atoms with E-state index in [0.717, 1.165) is 28.1 Å². The Kier molecular flexibility index (Phi) is 4.69. The van der Waals surface area contributed by atoms with Gasteiger partial charge >= 0.3 is 0 Å². The van der Waals surface area contributed by atoms with Crippen molar-refractivity contribution in [2.75, 3.05) is 0 Å². The molecule has 5 rings (SSSR count). The molecule has 0 amide bonds. The standard InChI is InChI=1S/C25H17N3O2S/c29-23-20(24(30)28(25(31)27-23)17-11-5-2-6-12-17)15-19-18-13-7-8-14-21(18)26-22(19)16-9-3-1-4-10-16/h1-15,30H,(H,27,29,31)/b19-15+. The monoisotopic (exact) mass is 423 g/mol. The molecule has 2 N–H and O–H groups in total. The molecule has 4 aromatic rings. The van der Waals surface area contributed by atoms with E-state index in [2.05, 4.69) is 4.98 Å². The van der Waals surface area contributed by atoms with Gasteiger partial charge < -0.3 is 5.11 Å². The van der Waals surface area contributed by atoms with Gasteiger partial charge in [-0.1, -0.05) is 66.7 Å². The zero-order valence-electron chi connectivity index (χ0n) is 16.3. The van der Waals surface area contributed by atoms with Crippen LogP contribution in [0.1, 0.15) is 16.7 Å². The zero-order chi connectivity index (χ0) is 21.4. The number of para-hydroxylation sites is 2. The summed E-state index contributed by atoms with van der Waals surface area (Å²) in [6, 6.07) is 26.7. The van der Waals surface area contributed by atoms with Gasteiger partial charge in [-0.3, -0.25) is 14.3 Å². The first-order valence-electron chi connectivity index (χ1n) is 9.73. The Morgan fingerprint density at radius 3 is 2.29 bits per heavy atom. The first kappa shape index (κ1) is 19.0. The van der Waals surface area contributed by atoms with Gasteiger partial charge in [-0.25, -0.2) is 4.99 Å². The Balaban J connectivity index is 1.76. The summed E-state index contributed by atoms with van der Waals surface area (Å²) < 4.78 is 1.57. The van der Waals surface area contributed by atoms with E-state index in [0.29, 0.717) is 5.69 Å². The van der Waals surface area contributed by atoms with E-state index in [4.69, 9.17) is 17.2 Å². The minimum Gasteiger partial charge on any atom is -0.494 e. The van der Waals surface area contributed by atoms with Crippen LogP contribution >= 0.6 is 12.2 Å². The summed E-state index contributed by atoms with van der Waals surface area (Å²) in [7, 11) is 0. The lowest BCUT2D eigenvalue weighted by Gasteiger charge is -2.12. The summed E-state index contributed by atoms with van der Waals surface area (Å²) in [5, 5.41) is 11.1. The van der Waals surface area contributed by atoms with Gasteiger partial charge in [0.2, 0.25) is 5.88 Å². The van der Waals surface area contributed by atoms with Gasteiger partial charge in [-0.05, 0) is 36.5 Å². The molecule has 0 saturated carbocycles. The molecule has 150 valence electrons. The average Bonchev–Trinajstić information content (AvgIpc) is 3.16. The fraction of sp³-hybridized carbons (Fsp3) is 0. The molecule has 0 saturated heterocycles. The molecule has 0 bridgehead atoms. The van der Waals surface area contributed by atoms with Crippen LogP contribution < -0.4 is 5.56 Å². The first-order valence-corrected chi connectivity index (χ1v) is 10.1. The number of nitrogens with one attached hydrogen (secondary N) is 1. The van der Waals surface area contributed by atoms with E-state index in [1.54, 1.807) is 6.08 Å². The largest absolute Gasteiger partial charge is 0.494 e. The molecule has 0 radical (unpaired) electrons. The lowest BCUT2D eigenvalue weighted by atomic mass is 9.96. The normalized spacial score (nSPS) is 13.8. The van der Waals surface area contributed by atoms with Crippen molar-refractivity contribution in [1.29, 1.82) is 0 Å². The van der Waals surface area contributed by atoms with E-state index in [1.807, 2.05) is 84.9 Å². The Labute approximate surface area is 183 Å². The minimum absolute atomic E-state index is 0.118. The average molecular weight is 423 g/mol. The fourth-order valence-electron chi connectivity index (χ4n) is 3.70. The molecule has 0 fully saturated rings. The third-order valence-electron chi connectivity index (χ3n) is 5.15. The van der Waals surface area contributed by atoms with E-state index >= 15 is 0 Å². The van der Waals surface area contributed by atoms with Gasteiger partial charge in [0.25, 0.3) is 5.56 Å². The number of aromatic hydroxyl groups is 1. The van der Waals surface area contributed by atoms with Crippen molar-refractivity contribution in [1.82, 2.24) is 9.55 Å². The maximum atomic E-state index is 12.8. The Morgan fingerprint density at radius 1 is 0.903 bits per heavy atom. The first-order chi connectivity index (χ1) is 15.1. The van der Waals surface area contributed by atoms with Gasteiger partial charge in [0.05, 0.1) is 17.1 Å². The van der Waals surface area contributed by atoms with E-state index in [-0.39, 0.29) is 16.2 Å². The van der Waals surface area contributed by atoms with Crippen molar-refractivity contribution in [2.24, 2.45) is 4.99 Å². The second-order valence-electron chi connectivity index (χ2n) is 7.07. The molecular weight excluding hydrogens is 406 g/mol. The van der Waals surface area contributed by atoms with Gasteiger partial charge in [-0.2, -0.15) is 0 Å². The highest BCUT2D eigenvalue weighted by molar-refractivity contribution is 7.71. The quantitative estimate of drug-likeness (QED) is 0.441. The number of aliphatic imine (C=N–C) groups is 1. The van der Waals surface area contributed by atoms with Crippen molar-refractivity contribution >= 4 is 35.3 Å². The Morgan fingerprint density at radius 2 is 1.55 bits per heavy atom. The highest BCUT2D eigenvalue weighted by Crippen LogP contribution is 2.38. The molecule has 0 spiro atoms. The molecule has 0 unspecified atom stereocenters. The predicted octanol–water partition coefficient (Wildman–Crippen LogP) is 5.28. The molecule has 3 aromatic carbocycles. The lowest BCUT2D eigenvalue weighted by Crippen LogP contribution is -2.16. The van der Waals surface area contributed by atoms with Gasteiger partial charge in [0, 0.05) is 16.7 Å². The molecule has 0 aliphatic carbocycles. The van der Waals surface area contributed by atoms with Crippen molar-refractivity contribution in [2.45, 2.75) is 0 Å². The van der Waals surface area contributed by atoms with Crippen LogP contribution in [0.15, 0.2) is 94.7 Å². The summed E-state index contributed by atoms with van der Waals surface area (Å²) in [6.45, 7) is 0. The van der Waals surface area contributed by atoms with Gasteiger partial charge in [-0.15, -0.1) is 0 Å². The third kappa shape index (κ3) is 3.33. The third-order valence-corrected chi connectivity index (χ3v) is 5.44.